The summed E-state index contributed by atoms with van der Waals surface area (Å²) in [5.74, 6) is 1.88. The summed E-state index contributed by atoms with van der Waals surface area (Å²) in [5.41, 5.74) is 0. The van der Waals surface area contributed by atoms with Crippen molar-refractivity contribution in [2.24, 2.45) is 11.8 Å². The van der Waals surface area contributed by atoms with Crippen LogP contribution >= 0.6 is 0 Å². The van der Waals surface area contributed by atoms with Crippen LogP contribution in [0.5, 0.6) is 0 Å². The Morgan fingerprint density at radius 1 is 1.27 bits per heavy atom. The lowest BCUT2D eigenvalue weighted by atomic mass is 9.86. The third kappa shape index (κ3) is 3.76. The smallest absolute Gasteiger partial charge is 0.150 e. The maximum Gasteiger partial charge on any atom is 0.150 e. The summed E-state index contributed by atoms with van der Waals surface area (Å²) in [4.78, 5) is 0. The van der Waals surface area contributed by atoms with Gasteiger partial charge in [-0.25, -0.2) is 8.42 Å². The number of hydrogen-bond donors (Lipinski definition) is 1. The molecule has 0 bridgehead atoms. The average Bonchev–Trinajstić information content (AvgIpc) is 2.14. The molecule has 0 spiro atoms. The SMILES string of the molecule is CCNC(C(C)C)C1CCS(=O)(=O)CC1. The molecule has 1 heterocycles. The fourth-order valence-electron chi connectivity index (χ4n) is 2.45. The van der Waals surface area contributed by atoms with Gasteiger partial charge in [-0.15, -0.1) is 0 Å². The summed E-state index contributed by atoms with van der Waals surface area (Å²) in [7, 11) is -2.72. The summed E-state index contributed by atoms with van der Waals surface area (Å²) in [6.45, 7) is 7.48. The zero-order chi connectivity index (χ0) is 11.5. The van der Waals surface area contributed by atoms with Crippen molar-refractivity contribution in [3.05, 3.63) is 0 Å². The fourth-order valence-corrected chi connectivity index (χ4v) is 3.98. The maximum atomic E-state index is 11.3. The van der Waals surface area contributed by atoms with Crippen LogP contribution < -0.4 is 5.32 Å². The van der Waals surface area contributed by atoms with E-state index in [4.69, 9.17) is 0 Å². The summed E-state index contributed by atoms with van der Waals surface area (Å²) in [6.07, 6.45) is 1.66. The molecule has 1 unspecified atom stereocenters. The molecule has 1 saturated heterocycles. The van der Waals surface area contributed by atoms with Crippen LogP contribution in [-0.2, 0) is 9.84 Å². The fraction of sp³-hybridized carbons (Fsp3) is 1.00. The molecule has 3 nitrogen and oxygen atoms in total. The summed E-state index contributed by atoms with van der Waals surface area (Å²) in [6, 6.07) is 0.477. The highest BCUT2D eigenvalue weighted by molar-refractivity contribution is 7.91. The van der Waals surface area contributed by atoms with Gasteiger partial charge < -0.3 is 5.32 Å². The molecule has 0 aromatic heterocycles. The molecule has 15 heavy (non-hydrogen) atoms. The maximum absolute atomic E-state index is 11.3. The van der Waals surface area contributed by atoms with E-state index in [9.17, 15) is 8.42 Å². The number of hydrogen-bond acceptors (Lipinski definition) is 3. The van der Waals surface area contributed by atoms with E-state index in [1.807, 2.05) is 0 Å². The molecule has 1 fully saturated rings. The van der Waals surface area contributed by atoms with Crippen molar-refractivity contribution in [3.8, 4) is 0 Å². The van der Waals surface area contributed by atoms with Crippen LogP contribution in [0.1, 0.15) is 33.6 Å². The van der Waals surface area contributed by atoms with Gasteiger partial charge in [-0.1, -0.05) is 20.8 Å². The van der Waals surface area contributed by atoms with Crippen LogP contribution in [0.4, 0.5) is 0 Å². The first-order valence-electron chi connectivity index (χ1n) is 5.90. The third-order valence-corrected chi connectivity index (χ3v) is 4.98. The van der Waals surface area contributed by atoms with E-state index in [0.717, 1.165) is 19.4 Å². The van der Waals surface area contributed by atoms with Crippen LogP contribution in [-0.4, -0.2) is 32.5 Å². The Morgan fingerprint density at radius 3 is 2.20 bits per heavy atom. The van der Waals surface area contributed by atoms with Crippen LogP contribution in [0.15, 0.2) is 0 Å². The second-order valence-electron chi connectivity index (χ2n) is 4.82. The van der Waals surface area contributed by atoms with Gasteiger partial charge >= 0.3 is 0 Å². The van der Waals surface area contributed by atoms with Crippen molar-refractivity contribution in [3.63, 3.8) is 0 Å². The number of nitrogens with one attached hydrogen (secondary N) is 1. The summed E-state index contributed by atoms with van der Waals surface area (Å²) >= 11 is 0. The van der Waals surface area contributed by atoms with Gasteiger partial charge in [0, 0.05) is 6.04 Å². The van der Waals surface area contributed by atoms with Crippen molar-refractivity contribution in [1.82, 2.24) is 5.32 Å². The quantitative estimate of drug-likeness (QED) is 0.799. The normalized spacial score (nSPS) is 24.3. The molecular weight excluding hydrogens is 210 g/mol. The molecule has 90 valence electrons. The van der Waals surface area contributed by atoms with Gasteiger partial charge in [-0.2, -0.15) is 0 Å². The molecule has 0 saturated carbocycles. The van der Waals surface area contributed by atoms with Crippen molar-refractivity contribution >= 4 is 9.84 Å². The number of sulfone groups is 1. The average molecular weight is 233 g/mol. The lowest BCUT2D eigenvalue weighted by molar-refractivity contribution is 0.268. The minimum Gasteiger partial charge on any atom is -0.314 e. The summed E-state index contributed by atoms with van der Waals surface area (Å²) in [5, 5.41) is 3.48. The Morgan fingerprint density at radius 2 is 1.80 bits per heavy atom. The van der Waals surface area contributed by atoms with Crippen LogP contribution in [0.25, 0.3) is 0 Å². The van der Waals surface area contributed by atoms with Gasteiger partial charge in [-0.3, -0.25) is 0 Å². The molecule has 1 atom stereocenters. The van der Waals surface area contributed by atoms with E-state index in [0.29, 0.717) is 29.4 Å². The molecule has 0 radical (unpaired) electrons. The van der Waals surface area contributed by atoms with Gasteiger partial charge in [0.25, 0.3) is 0 Å². The molecule has 1 aliphatic rings. The molecule has 0 aromatic carbocycles. The van der Waals surface area contributed by atoms with E-state index in [-0.39, 0.29) is 0 Å². The predicted octanol–water partition coefficient (Wildman–Crippen LogP) is 1.45. The monoisotopic (exact) mass is 233 g/mol. The van der Waals surface area contributed by atoms with Gasteiger partial charge in [0.05, 0.1) is 11.5 Å². The Kier molecular flexibility index (Phi) is 4.59. The molecule has 1 N–H and O–H groups in total. The topological polar surface area (TPSA) is 46.2 Å². The van der Waals surface area contributed by atoms with Crippen molar-refractivity contribution in [2.75, 3.05) is 18.1 Å². The van der Waals surface area contributed by atoms with Crippen LogP contribution in [0.3, 0.4) is 0 Å². The van der Waals surface area contributed by atoms with Gasteiger partial charge in [-0.05, 0) is 31.2 Å². The second kappa shape index (κ2) is 5.30. The zero-order valence-corrected chi connectivity index (χ0v) is 10.8. The first kappa shape index (κ1) is 13.0. The zero-order valence-electron chi connectivity index (χ0n) is 9.99. The Labute approximate surface area is 93.6 Å². The minimum absolute atomic E-state index is 0.381. The Hall–Kier alpha value is -0.0900. The van der Waals surface area contributed by atoms with E-state index in [1.54, 1.807) is 0 Å². The van der Waals surface area contributed by atoms with Crippen molar-refractivity contribution < 1.29 is 8.42 Å². The lowest BCUT2D eigenvalue weighted by Crippen LogP contribution is -2.43. The van der Waals surface area contributed by atoms with E-state index >= 15 is 0 Å². The van der Waals surface area contributed by atoms with Crippen LogP contribution in [0, 0.1) is 11.8 Å². The highest BCUT2D eigenvalue weighted by atomic mass is 32.2. The van der Waals surface area contributed by atoms with Crippen LogP contribution in [0.2, 0.25) is 0 Å². The molecule has 1 aliphatic heterocycles. The molecular formula is C11H23NO2S. The lowest BCUT2D eigenvalue weighted by Gasteiger charge is -2.33. The molecule has 0 aliphatic carbocycles. The first-order valence-corrected chi connectivity index (χ1v) is 7.72. The third-order valence-electron chi connectivity index (χ3n) is 3.27. The van der Waals surface area contributed by atoms with E-state index in [1.165, 1.54) is 0 Å². The van der Waals surface area contributed by atoms with Gasteiger partial charge in [0.1, 0.15) is 9.84 Å². The largest absolute Gasteiger partial charge is 0.314 e. The second-order valence-corrected chi connectivity index (χ2v) is 7.12. The molecule has 1 rings (SSSR count). The van der Waals surface area contributed by atoms with E-state index in [2.05, 4.69) is 26.1 Å². The Balaban J connectivity index is 2.56. The van der Waals surface area contributed by atoms with Gasteiger partial charge in [0.2, 0.25) is 0 Å². The molecule has 0 amide bonds. The molecule has 4 heteroatoms. The standard InChI is InChI=1S/C11H23NO2S/c1-4-12-11(9(2)3)10-5-7-15(13,14)8-6-10/h9-12H,4-8H2,1-3H3. The van der Waals surface area contributed by atoms with Crippen molar-refractivity contribution in [2.45, 2.75) is 39.7 Å². The summed E-state index contributed by atoms with van der Waals surface area (Å²) < 4.78 is 22.7. The highest BCUT2D eigenvalue weighted by Crippen LogP contribution is 2.25. The first-order chi connectivity index (χ1) is 6.96. The van der Waals surface area contributed by atoms with Crippen molar-refractivity contribution in [1.29, 1.82) is 0 Å². The minimum atomic E-state index is -2.72. The Bertz CT molecular complexity index is 271. The van der Waals surface area contributed by atoms with E-state index < -0.39 is 9.84 Å². The molecule has 0 aromatic rings. The highest BCUT2D eigenvalue weighted by Gasteiger charge is 2.30. The predicted molar refractivity (Wildman–Crippen MR) is 63.7 cm³/mol. The number of rotatable bonds is 4. The van der Waals surface area contributed by atoms with Gasteiger partial charge in [0.15, 0.2) is 0 Å².